The van der Waals surface area contributed by atoms with Crippen LogP contribution in [-0.4, -0.2) is 5.97 Å². The van der Waals surface area contributed by atoms with Crippen molar-refractivity contribution in [3.63, 3.8) is 0 Å². The van der Waals surface area contributed by atoms with Gasteiger partial charge in [0.1, 0.15) is 5.76 Å². The molecule has 1 aliphatic heterocycles. The van der Waals surface area contributed by atoms with E-state index < -0.39 is 0 Å². The van der Waals surface area contributed by atoms with Gasteiger partial charge in [-0.1, -0.05) is 26.3 Å². The normalized spacial score (nSPS) is 16.2. The summed E-state index contributed by atoms with van der Waals surface area (Å²) in [4.78, 5) is 10.8. The molecular formula is C10H14O2. The minimum Gasteiger partial charge on any atom is -0.427 e. The molecule has 2 nitrogen and oxygen atoms in total. The van der Waals surface area contributed by atoms with Crippen LogP contribution in [0.5, 0.6) is 0 Å². The molecule has 2 heteroatoms. The van der Waals surface area contributed by atoms with Gasteiger partial charge in [0, 0.05) is 6.42 Å². The van der Waals surface area contributed by atoms with Gasteiger partial charge in [-0.15, -0.1) is 0 Å². The van der Waals surface area contributed by atoms with Crippen LogP contribution < -0.4 is 0 Å². The quantitative estimate of drug-likeness (QED) is 0.364. The maximum Gasteiger partial charge on any atom is 0.342 e. The third-order valence-electron chi connectivity index (χ3n) is 1.85. The van der Waals surface area contributed by atoms with Crippen LogP contribution in [0.3, 0.4) is 0 Å². The second kappa shape index (κ2) is 4.10. The maximum absolute atomic E-state index is 10.8. The van der Waals surface area contributed by atoms with Crippen molar-refractivity contribution in [3.05, 3.63) is 24.0 Å². The summed E-state index contributed by atoms with van der Waals surface area (Å²) in [6.07, 6.45) is 6.04. The van der Waals surface area contributed by atoms with Gasteiger partial charge in [-0.05, 0) is 12.5 Å². The van der Waals surface area contributed by atoms with Crippen molar-refractivity contribution < 1.29 is 9.53 Å². The van der Waals surface area contributed by atoms with E-state index >= 15 is 0 Å². The fraction of sp³-hybridized carbons (Fsp3) is 0.500. The van der Waals surface area contributed by atoms with Crippen LogP contribution in [0.15, 0.2) is 24.0 Å². The molecule has 0 atom stereocenters. The molecule has 0 bridgehead atoms. The average molecular weight is 166 g/mol. The van der Waals surface area contributed by atoms with Gasteiger partial charge < -0.3 is 4.74 Å². The molecule has 0 saturated heterocycles. The summed E-state index contributed by atoms with van der Waals surface area (Å²) in [6.45, 7) is 5.71. The van der Waals surface area contributed by atoms with E-state index in [0.717, 1.165) is 18.6 Å². The predicted octanol–water partition coefficient (Wildman–Crippen LogP) is 2.56. The van der Waals surface area contributed by atoms with Gasteiger partial charge in [-0.25, -0.2) is 4.79 Å². The Hall–Kier alpha value is -1.05. The standard InChI is InChI=1S/C10H14O2/c1-3-4-5-6-9-7-8(2)10(11)12-9/h7H,2-6H2,1H3. The Morgan fingerprint density at radius 1 is 1.50 bits per heavy atom. The largest absolute Gasteiger partial charge is 0.427 e. The van der Waals surface area contributed by atoms with E-state index in [1.807, 2.05) is 0 Å². The minimum atomic E-state index is -0.290. The zero-order valence-electron chi connectivity index (χ0n) is 7.43. The van der Waals surface area contributed by atoms with E-state index in [2.05, 4.69) is 13.5 Å². The molecule has 0 saturated carbocycles. The third kappa shape index (κ3) is 2.22. The molecule has 0 amide bonds. The highest BCUT2D eigenvalue weighted by Gasteiger charge is 2.17. The van der Waals surface area contributed by atoms with Gasteiger partial charge in [0.25, 0.3) is 0 Å². The molecule has 0 fully saturated rings. The first-order valence-electron chi connectivity index (χ1n) is 4.35. The third-order valence-corrected chi connectivity index (χ3v) is 1.85. The van der Waals surface area contributed by atoms with Gasteiger partial charge in [0.2, 0.25) is 0 Å². The molecule has 1 heterocycles. The van der Waals surface area contributed by atoms with E-state index in [4.69, 9.17) is 4.74 Å². The van der Waals surface area contributed by atoms with E-state index in [1.165, 1.54) is 12.8 Å². The van der Waals surface area contributed by atoms with Crippen LogP contribution in [0.2, 0.25) is 0 Å². The monoisotopic (exact) mass is 166 g/mol. The lowest BCUT2D eigenvalue weighted by Crippen LogP contribution is -1.95. The Kier molecular flexibility index (Phi) is 3.09. The zero-order valence-corrected chi connectivity index (χ0v) is 7.43. The second-order valence-corrected chi connectivity index (χ2v) is 2.98. The SMILES string of the molecule is C=C1C=C(CCCCC)OC1=O. The highest BCUT2D eigenvalue weighted by molar-refractivity contribution is 5.94. The van der Waals surface area contributed by atoms with Gasteiger partial charge in [0.15, 0.2) is 0 Å². The molecule has 0 aromatic rings. The van der Waals surface area contributed by atoms with Crippen molar-refractivity contribution in [1.82, 2.24) is 0 Å². The van der Waals surface area contributed by atoms with Crippen molar-refractivity contribution in [3.8, 4) is 0 Å². The molecular weight excluding hydrogens is 152 g/mol. The summed E-state index contributed by atoms with van der Waals surface area (Å²) in [5.41, 5.74) is 0.474. The Labute approximate surface area is 72.9 Å². The number of hydrogen-bond acceptors (Lipinski definition) is 2. The number of unbranched alkanes of at least 4 members (excludes halogenated alkanes) is 2. The van der Waals surface area contributed by atoms with Gasteiger partial charge in [-0.2, -0.15) is 0 Å². The van der Waals surface area contributed by atoms with Gasteiger partial charge in [0.05, 0.1) is 5.57 Å². The molecule has 0 N–H and O–H groups in total. The van der Waals surface area contributed by atoms with Crippen LogP contribution in [-0.2, 0) is 9.53 Å². The first-order chi connectivity index (χ1) is 5.74. The summed E-state index contributed by atoms with van der Waals surface area (Å²) in [6, 6.07) is 0. The van der Waals surface area contributed by atoms with Crippen molar-refractivity contribution in [1.29, 1.82) is 0 Å². The van der Waals surface area contributed by atoms with Crippen LogP contribution in [0.25, 0.3) is 0 Å². The number of cyclic esters (lactones) is 1. The van der Waals surface area contributed by atoms with Crippen molar-refractivity contribution >= 4 is 5.97 Å². The Balaban J connectivity index is 2.31. The predicted molar refractivity (Wildman–Crippen MR) is 47.5 cm³/mol. The van der Waals surface area contributed by atoms with Crippen LogP contribution in [0.1, 0.15) is 32.6 Å². The van der Waals surface area contributed by atoms with E-state index in [9.17, 15) is 4.79 Å². The topological polar surface area (TPSA) is 26.3 Å². The number of ether oxygens (including phenoxy) is 1. The highest BCUT2D eigenvalue weighted by Crippen LogP contribution is 2.20. The van der Waals surface area contributed by atoms with Gasteiger partial charge in [-0.3, -0.25) is 0 Å². The van der Waals surface area contributed by atoms with E-state index in [0.29, 0.717) is 5.57 Å². The first kappa shape index (κ1) is 9.04. The fourth-order valence-electron chi connectivity index (χ4n) is 1.14. The molecule has 0 aromatic heterocycles. The molecule has 1 aliphatic rings. The van der Waals surface area contributed by atoms with E-state index in [1.54, 1.807) is 6.08 Å². The molecule has 12 heavy (non-hydrogen) atoms. The highest BCUT2D eigenvalue weighted by atomic mass is 16.5. The lowest BCUT2D eigenvalue weighted by atomic mass is 10.2. The number of carbonyl (C=O) groups is 1. The van der Waals surface area contributed by atoms with E-state index in [-0.39, 0.29) is 5.97 Å². The van der Waals surface area contributed by atoms with Gasteiger partial charge >= 0.3 is 5.97 Å². The molecule has 0 radical (unpaired) electrons. The Morgan fingerprint density at radius 3 is 2.75 bits per heavy atom. The number of allylic oxidation sites excluding steroid dienone is 1. The summed E-state index contributed by atoms with van der Waals surface area (Å²) < 4.78 is 4.94. The van der Waals surface area contributed by atoms with Crippen molar-refractivity contribution in [2.45, 2.75) is 32.6 Å². The minimum absolute atomic E-state index is 0.290. The number of carbonyl (C=O) groups excluding carboxylic acids is 1. The number of rotatable bonds is 4. The summed E-state index contributed by atoms with van der Waals surface area (Å²) in [5.74, 6) is 0.486. The lowest BCUT2D eigenvalue weighted by molar-refractivity contribution is -0.133. The number of esters is 1. The maximum atomic E-state index is 10.8. The molecule has 1 rings (SSSR count). The van der Waals surface area contributed by atoms with Crippen LogP contribution >= 0.6 is 0 Å². The first-order valence-corrected chi connectivity index (χ1v) is 4.35. The summed E-state index contributed by atoms with van der Waals surface area (Å²) >= 11 is 0. The smallest absolute Gasteiger partial charge is 0.342 e. The molecule has 66 valence electrons. The van der Waals surface area contributed by atoms with Crippen LogP contribution in [0, 0.1) is 0 Å². The average Bonchev–Trinajstić information content (AvgIpc) is 2.32. The molecule has 0 unspecified atom stereocenters. The zero-order chi connectivity index (χ0) is 8.97. The summed E-state index contributed by atoms with van der Waals surface area (Å²) in [5, 5.41) is 0. The summed E-state index contributed by atoms with van der Waals surface area (Å²) in [7, 11) is 0. The second-order valence-electron chi connectivity index (χ2n) is 2.98. The van der Waals surface area contributed by atoms with Crippen LogP contribution in [0.4, 0.5) is 0 Å². The Bertz CT molecular complexity index is 226. The molecule has 0 spiro atoms. The number of hydrogen-bond donors (Lipinski definition) is 0. The Morgan fingerprint density at radius 2 is 2.25 bits per heavy atom. The lowest BCUT2D eigenvalue weighted by Gasteiger charge is -1.99. The fourth-order valence-corrected chi connectivity index (χ4v) is 1.14. The molecule has 0 aromatic carbocycles. The van der Waals surface area contributed by atoms with Crippen molar-refractivity contribution in [2.24, 2.45) is 0 Å². The molecule has 0 aliphatic carbocycles. The van der Waals surface area contributed by atoms with Crippen molar-refractivity contribution in [2.75, 3.05) is 0 Å².